The van der Waals surface area contributed by atoms with Gasteiger partial charge >= 0.3 is 0 Å². The van der Waals surface area contributed by atoms with E-state index in [1.54, 1.807) is 4.90 Å². The van der Waals surface area contributed by atoms with E-state index in [4.69, 9.17) is 0 Å². The lowest BCUT2D eigenvalue weighted by Crippen LogP contribution is -2.25. The maximum Gasteiger partial charge on any atom is 0.266 e. The third-order valence-corrected chi connectivity index (χ3v) is 4.60. The van der Waals surface area contributed by atoms with Gasteiger partial charge in [0.05, 0.1) is 16.3 Å². The number of para-hydroxylation sites is 2. The minimum absolute atomic E-state index is 0.115. The highest BCUT2D eigenvalue weighted by atomic mass is 32.1. The summed E-state index contributed by atoms with van der Waals surface area (Å²) in [4.78, 5) is 26.7. The van der Waals surface area contributed by atoms with Crippen LogP contribution in [0.25, 0.3) is 0 Å². The lowest BCUT2D eigenvalue weighted by Gasteiger charge is -2.19. The average Bonchev–Trinajstić information content (AvgIpc) is 3.08. The second-order valence-electron chi connectivity index (χ2n) is 5.05. The van der Waals surface area contributed by atoms with E-state index in [0.717, 1.165) is 17.7 Å². The molecule has 2 amide bonds. The van der Waals surface area contributed by atoms with Crippen molar-refractivity contribution >= 4 is 34.5 Å². The molecular formula is C16H16N2O2S. The Hall–Kier alpha value is -2.14. The molecule has 1 aliphatic rings. The molecule has 21 heavy (non-hydrogen) atoms. The summed E-state index contributed by atoms with van der Waals surface area (Å²) < 4.78 is 0. The number of carbonyl (C=O) groups excluding carboxylic acids is 2. The average molecular weight is 300 g/mol. The minimum Gasteiger partial charge on any atom is -0.319 e. The first-order chi connectivity index (χ1) is 10.2. The van der Waals surface area contributed by atoms with E-state index in [-0.39, 0.29) is 11.8 Å². The van der Waals surface area contributed by atoms with Crippen LogP contribution in [0.4, 0.5) is 11.4 Å². The molecule has 5 heteroatoms. The summed E-state index contributed by atoms with van der Waals surface area (Å²) in [7, 11) is 0. The Morgan fingerprint density at radius 2 is 2.10 bits per heavy atom. The summed E-state index contributed by atoms with van der Waals surface area (Å²) >= 11 is 1.42. The third kappa shape index (κ3) is 2.69. The summed E-state index contributed by atoms with van der Waals surface area (Å²) in [6.07, 6.45) is 1.44. The van der Waals surface area contributed by atoms with E-state index >= 15 is 0 Å². The highest BCUT2D eigenvalue weighted by molar-refractivity contribution is 7.12. The van der Waals surface area contributed by atoms with Crippen molar-refractivity contribution < 1.29 is 9.59 Å². The number of hydrogen-bond donors (Lipinski definition) is 1. The van der Waals surface area contributed by atoms with E-state index in [9.17, 15) is 9.59 Å². The Morgan fingerprint density at radius 1 is 1.29 bits per heavy atom. The van der Waals surface area contributed by atoms with Crippen molar-refractivity contribution in [1.29, 1.82) is 0 Å². The Bertz CT molecular complexity index is 693. The fourth-order valence-electron chi connectivity index (χ4n) is 2.50. The van der Waals surface area contributed by atoms with Crippen LogP contribution in [-0.2, 0) is 4.79 Å². The number of carbonyl (C=O) groups is 2. The molecule has 0 saturated carbocycles. The molecule has 0 atom stereocenters. The number of thiophene rings is 1. The van der Waals surface area contributed by atoms with E-state index in [1.807, 2.05) is 42.6 Å². The minimum atomic E-state index is -0.124. The molecule has 0 bridgehead atoms. The van der Waals surface area contributed by atoms with Gasteiger partial charge in [0, 0.05) is 13.0 Å². The first-order valence-corrected chi connectivity index (χ1v) is 7.79. The van der Waals surface area contributed by atoms with Crippen LogP contribution in [0.1, 0.15) is 28.1 Å². The maximum absolute atomic E-state index is 12.3. The molecule has 1 fully saturated rings. The lowest BCUT2D eigenvalue weighted by molar-refractivity contribution is -0.117. The Kier molecular flexibility index (Phi) is 3.75. The van der Waals surface area contributed by atoms with Crippen LogP contribution in [0.15, 0.2) is 35.7 Å². The van der Waals surface area contributed by atoms with Gasteiger partial charge in [0.15, 0.2) is 0 Å². The number of anilines is 2. The first kappa shape index (κ1) is 13.8. The van der Waals surface area contributed by atoms with Crippen LogP contribution in [0.2, 0.25) is 0 Å². The second-order valence-corrected chi connectivity index (χ2v) is 5.97. The van der Waals surface area contributed by atoms with Crippen LogP contribution in [0.3, 0.4) is 0 Å². The predicted molar refractivity (Wildman–Crippen MR) is 85.0 cm³/mol. The zero-order valence-corrected chi connectivity index (χ0v) is 12.6. The van der Waals surface area contributed by atoms with Crippen LogP contribution in [0.5, 0.6) is 0 Å². The van der Waals surface area contributed by atoms with Crippen molar-refractivity contribution in [3.05, 3.63) is 46.2 Å². The van der Waals surface area contributed by atoms with E-state index in [0.29, 0.717) is 23.5 Å². The molecule has 1 N–H and O–H groups in total. The molecule has 4 nitrogen and oxygen atoms in total. The van der Waals surface area contributed by atoms with Crippen LogP contribution >= 0.6 is 11.3 Å². The zero-order valence-electron chi connectivity index (χ0n) is 11.8. The van der Waals surface area contributed by atoms with Crippen molar-refractivity contribution in [2.75, 3.05) is 16.8 Å². The highest BCUT2D eigenvalue weighted by Gasteiger charge is 2.24. The third-order valence-electron chi connectivity index (χ3n) is 3.58. The number of nitrogens with one attached hydrogen (secondary N) is 1. The standard InChI is InChI=1S/C16H16N2O2S/c1-11-8-10-21-15(11)16(20)17-12-5-2-3-6-13(12)18-9-4-7-14(18)19/h2-3,5-6,8,10H,4,7,9H2,1H3,(H,17,20). The molecule has 0 aliphatic carbocycles. The lowest BCUT2D eigenvalue weighted by atomic mass is 10.2. The molecular weight excluding hydrogens is 284 g/mol. The van der Waals surface area contributed by atoms with Crippen LogP contribution in [-0.4, -0.2) is 18.4 Å². The van der Waals surface area contributed by atoms with Crippen molar-refractivity contribution in [2.24, 2.45) is 0 Å². The molecule has 1 aliphatic heterocycles. The Labute approximate surface area is 127 Å². The van der Waals surface area contributed by atoms with Crippen molar-refractivity contribution in [3.63, 3.8) is 0 Å². The summed E-state index contributed by atoms with van der Waals surface area (Å²) in [5.41, 5.74) is 2.43. The van der Waals surface area contributed by atoms with Gasteiger partial charge in [0.1, 0.15) is 0 Å². The molecule has 0 unspecified atom stereocenters. The Balaban J connectivity index is 1.88. The fraction of sp³-hybridized carbons (Fsp3) is 0.250. The molecule has 0 spiro atoms. The molecule has 3 rings (SSSR count). The van der Waals surface area contributed by atoms with E-state index in [2.05, 4.69) is 5.32 Å². The smallest absolute Gasteiger partial charge is 0.266 e. The molecule has 108 valence electrons. The summed E-state index contributed by atoms with van der Waals surface area (Å²) in [6, 6.07) is 9.38. The quantitative estimate of drug-likeness (QED) is 0.944. The highest BCUT2D eigenvalue weighted by Crippen LogP contribution is 2.30. The van der Waals surface area contributed by atoms with Crippen molar-refractivity contribution in [3.8, 4) is 0 Å². The van der Waals surface area contributed by atoms with E-state index < -0.39 is 0 Å². The SMILES string of the molecule is Cc1ccsc1C(=O)Nc1ccccc1N1CCCC1=O. The van der Waals surface area contributed by atoms with Gasteiger partial charge in [-0.05, 0) is 42.5 Å². The second kappa shape index (κ2) is 5.69. The molecule has 1 saturated heterocycles. The van der Waals surface area contributed by atoms with Gasteiger partial charge in [-0.3, -0.25) is 9.59 Å². The number of amides is 2. The van der Waals surface area contributed by atoms with Crippen molar-refractivity contribution in [2.45, 2.75) is 19.8 Å². The molecule has 2 aromatic rings. The van der Waals surface area contributed by atoms with Gasteiger partial charge in [-0.15, -0.1) is 11.3 Å². The van der Waals surface area contributed by atoms with Gasteiger partial charge in [-0.1, -0.05) is 12.1 Å². The zero-order chi connectivity index (χ0) is 14.8. The van der Waals surface area contributed by atoms with Gasteiger partial charge in [-0.25, -0.2) is 0 Å². The van der Waals surface area contributed by atoms with Crippen molar-refractivity contribution in [1.82, 2.24) is 0 Å². The van der Waals surface area contributed by atoms with E-state index in [1.165, 1.54) is 11.3 Å². The van der Waals surface area contributed by atoms with Gasteiger partial charge in [-0.2, -0.15) is 0 Å². The maximum atomic E-state index is 12.3. The summed E-state index contributed by atoms with van der Waals surface area (Å²) in [5, 5.41) is 4.83. The number of hydrogen-bond acceptors (Lipinski definition) is 3. The topological polar surface area (TPSA) is 49.4 Å². The molecule has 1 aromatic carbocycles. The monoisotopic (exact) mass is 300 g/mol. The van der Waals surface area contributed by atoms with Gasteiger partial charge in [0.25, 0.3) is 5.91 Å². The number of nitrogens with zero attached hydrogens (tertiary/aromatic N) is 1. The number of benzene rings is 1. The summed E-state index contributed by atoms with van der Waals surface area (Å²) in [6.45, 7) is 2.63. The predicted octanol–water partition coefficient (Wildman–Crippen LogP) is 3.44. The number of aryl methyl sites for hydroxylation is 1. The normalized spacial score (nSPS) is 14.5. The van der Waals surface area contributed by atoms with Gasteiger partial charge in [0.2, 0.25) is 5.91 Å². The Morgan fingerprint density at radius 3 is 2.76 bits per heavy atom. The largest absolute Gasteiger partial charge is 0.319 e. The molecule has 2 heterocycles. The number of rotatable bonds is 3. The van der Waals surface area contributed by atoms with Crippen LogP contribution < -0.4 is 10.2 Å². The van der Waals surface area contributed by atoms with Crippen LogP contribution in [0, 0.1) is 6.92 Å². The summed E-state index contributed by atoms with van der Waals surface area (Å²) in [5.74, 6) is -0.00870. The molecule has 1 aromatic heterocycles. The van der Waals surface area contributed by atoms with Gasteiger partial charge < -0.3 is 10.2 Å². The first-order valence-electron chi connectivity index (χ1n) is 6.91. The fourth-order valence-corrected chi connectivity index (χ4v) is 3.32. The molecule has 0 radical (unpaired) electrons.